The van der Waals surface area contributed by atoms with Gasteiger partial charge in [0.05, 0.1) is 6.10 Å². The second-order valence-electron chi connectivity index (χ2n) is 3.95. The zero-order valence-electron chi connectivity index (χ0n) is 9.10. The number of hydrogen-bond acceptors (Lipinski definition) is 3. The van der Waals surface area contributed by atoms with Crippen LogP contribution in [-0.2, 0) is 6.54 Å². The minimum Gasteiger partial charge on any atom is -0.392 e. The predicted octanol–water partition coefficient (Wildman–Crippen LogP) is 2.34. The molecule has 0 fully saturated rings. The van der Waals surface area contributed by atoms with Gasteiger partial charge in [-0.15, -0.1) is 11.3 Å². The smallest absolute Gasteiger partial charge is 0.0639 e. The van der Waals surface area contributed by atoms with E-state index in [0.717, 1.165) is 13.1 Å². The Labute approximate surface area is 90.2 Å². The Balaban J connectivity index is 2.51. The fourth-order valence-corrected chi connectivity index (χ4v) is 2.13. The van der Waals surface area contributed by atoms with Crippen molar-refractivity contribution in [3.05, 3.63) is 22.4 Å². The predicted molar refractivity (Wildman–Crippen MR) is 61.5 cm³/mol. The van der Waals surface area contributed by atoms with E-state index in [1.807, 2.05) is 6.92 Å². The normalized spacial score (nSPS) is 13.9. The molecule has 80 valence electrons. The Morgan fingerprint density at radius 3 is 2.57 bits per heavy atom. The molecule has 0 aromatic carbocycles. The second kappa shape index (κ2) is 5.49. The first-order chi connectivity index (χ1) is 6.59. The van der Waals surface area contributed by atoms with Crippen molar-refractivity contribution in [3.8, 4) is 0 Å². The number of thiophene rings is 1. The highest BCUT2D eigenvalue weighted by Crippen LogP contribution is 2.14. The minimum absolute atomic E-state index is 0.252. The van der Waals surface area contributed by atoms with E-state index in [0.29, 0.717) is 6.04 Å². The highest BCUT2D eigenvalue weighted by atomic mass is 32.1. The summed E-state index contributed by atoms with van der Waals surface area (Å²) < 4.78 is 0. The fraction of sp³-hybridized carbons (Fsp3) is 0.636. The molecule has 0 saturated carbocycles. The Morgan fingerprint density at radius 2 is 2.14 bits per heavy atom. The summed E-state index contributed by atoms with van der Waals surface area (Å²) in [6.45, 7) is 7.85. The molecule has 0 amide bonds. The van der Waals surface area contributed by atoms with Gasteiger partial charge in [0.2, 0.25) is 0 Å². The molecule has 1 heterocycles. The molecule has 0 bridgehead atoms. The van der Waals surface area contributed by atoms with E-state index in [2.05, 4.69) is 36.3 Å². The average molecular weight is 213 g/mol. The van der Waals surface area contributed by atoms with Crippen molar-refractivity contribution in [1.29, 1.82) is 0 Å². The van der Waals surface area contributed by atoms with Crippen LogP contribution >= 0.6 is 11.3 Å². The number of rotatable bonds is 5. The van der Waals surface area contributed by atoms with Crippen molar-refractivity contribution < 1.29 is 5.11 Å². The molecule has 2 nitrogen and oxygen atoms in total. The van der Waals surface area contributed by atoms with Crippen molar-refractivity contribution in [3.63, 3.8) is 0 Å². The summed E-state index contributed by atoms with van der Waals surface area (Å²) >= 11 is 1.77. The first-order valence-electron chi connectivity index (χ1n) is 5.04. The molecule has 1 aromatic rings. The summed E-state index contributed by atoms with van der Waals surface area (Å²) in [5.41, 5.74) is 0. The number of aliphatic hydroxyl groups excluding tert-OH is 1. The van der Waals surface area contributed by atoms with Gasteiger partial charge in [0.25, 0.3) is 0 Å². The highest BCUT2D eigenvalue weighted by Gasteiger charge is 2.12. The van der Waals surface area contributed by atoms with Gasteiger partial charge >= 0.3 is 0 Å². The molecule has 0 aliphatic carbocycles. The maximum atomic E-state index is 9.36. The molecule has 1 rings (SSSR count). The summed E-state index contributed by atoms with van der Waals surface area (Å²) in [5.74, 6) is 0. The largest absolute Gasteiger partial charge is 0.392 e. The minimum atomic E-state index is -0.252. The molecule has 0 aliphatic heterocycles. The van der Waals surface area contributed by atoms with Crippen molar-refractivity contribution in [2.45, 2.75) is 39.5 Å². The van der Waals surface area contributed by atoms with Crippen LogP contribution < -0.4 is 0 Å². The quantitative estimate of drug-likeness (QED) is 0.811. The molecule has 3 heteroatoms. The van der Waals surface area contributed by atoms with Crippen LogP contribution in [0.5, 0.6) is 0 Å². The van der Waals surface area contributed by atoms with E-state index in [4.69, 9.17) is 0 Å². The summed E-state index contributed by atoms with van der Waals surface area (Å²) in [6, 6.07) is 4.69. The maximum absolute atomic E-state index is 9.36. The third-order valence-corrected chi connectivity index (χ3v) is 3.03. The molecule has 0 radical (unpaired) electrons. The molecule has 1 atom stereocenters. The standard InChI is InChI=1S/C11H19NOS/c1-9(2)12(7-10(3)13)8-11-5-4-6-14-11/h4-6,9-10,13H,7-8H2,1-3H3/t10-/m1/s1. The van der Waals surface area contributed by atoms with Gasteiger partial charge in [0.15, 0.2) is 0 Å². The van der Waals surface area contributed by atoms with E-state index < -0.39 is 0 Å². The zero-order valence-corrected chi connectivity index (χ0v) is 9.92. The van der Waals surface area contributed by atoms with E-state index in [9.17, 15) is 5.11 Å². The van der Waals surface area contributed by atoms with Crippen molar-refractivity contribution >= 4 is 11.3 Å². The van der Waals surface area contributed by atoms with Crippen molar-refractivity contribution in [2.24, 2.45) is 0 Å². The van der Waals surface area contributed by atoms with E-state index >= 15 is 0 Å². The first-order valence-corrected chi connectivity index (χ1v) is 5.92. The van der Waals surface area contributed by atoms with Crippen LogP contribution in [0.2, 0.25) is 0 Å². The maximum Gasteiger partial charge on any atom is 0.0639 e. The van der Waals surface area contributed by atoms with Crippen molar-refractivity contribution in [1.82, 2.24) is 4.90 Å². The van der Waals surface area contributed by atoms with Gasteiger partial charge < -0.3 is 5.11 Å². The third kappa shape index (κ3) is 3.78. The Hall–Kier alpha value is -0.380. The third-order valence-electron chi connectivity index (χ3n) is 2.17. The van der Waals surface area contributed by atoms with Crippen LogP contribution in [0.1, 0.15) is 25.6 Å². The van der Waals surface area contributed by atoms with Crippen LogP contribution in [0.25, 0.3) is 0 Å². The molecule has 0 unspecified atom stereocenters. The summed E-state index contributed by atoms with van der Waals surface area (Å²) in [4.78, 5) is 3.65. The Morgan fingerprint density at radius 1 is 1.43 bits per heavy atom. The van der Waals surface area contributed by atoms with E-state index in [1.165, 1.54) is 4.88 Å². The van der Waals surface area contributed by atoms with Gasteiger partial charge in [-0.05, 0) is 32.2 Å². The summed E-state index contributed by atoms with van der Waals surface area (Å²) in [5, 5.41) is 11.5. The van der Waals surface area contributed by atoms with Gasteiger partial charge in [0, 0.05) is 24.0 Å². The van der Waals surface area contributed by atoms with Crippen LogP contribution in [0.3, 0.4) is 0 Å². The molecule has 1 N–H and O–H groups in total. The highest BCUT2D eigenvalue weighted by molar-refractivity contribution is 7.09. The molecule has 14 heavy (non-hydrogen) atoms. The lowest BCUT2D eigenvalue weighted by atomic mass is 10.2. The van der Waals surface area contributed by atoms with Crippen LogP contribution in [0.15, 0.2) is 17.5 Å². The molecule has 0 aliphatic rings. The Kier molecular flexibility index (Phi) is 4.58. The Bertz CT molecular complexity index is 244. The van der Waals surface area contributed by atoms with E-state index in [1.54, 1.807) is 11.3 Å². The monoisotopic (exact) mass is 213 g/mol. The van der Waals surface area contributed by atoms with Gasteiger partial charge in [-0.1, -0.05) is 6.07 Å². The number of hydrogen-bond donors (Lipinski definition) is 1. The molecular formula is C11H19NOS. The lowest BCUT2D eigenvalue weighted by Gasteiger charge is -2.27. The second-order valence-corrected chi connectivity index (χ2v) is 4.98. The molecule has 1 aromatic heterocycles. The molecular weight excluding hydrogens is 194 g/mol. The topological polar surface area (TPSA) is 23.5 Å². The van der Waals surface area contributed by atoms with Gasteiger partial charge in [-0.3, -0.25) is 4.90 Å². The van der Waals surface area contributed by atoms with E-state index in [-0.39, 0.29) is 6.10 Å². The average Bonchev–Trinajstić information content (AvgIpc) is 2.54. The summed E-state index contributed by atoms with van der Waals surface area (Å²) in [7, 11) is 0. The lowest BCUT2D eigenvalue weighted by Crippen LogP contribution is -2.35. The van der Waals surface area contributed by atoms with Crippen LogP contribution in [0, 0.1) is 0 Å². The first kappa shape index (κ1) is 11.7. The van der Waals surface area contributed by atoms with Gasteiger partial charge in [-0.25, -0.2) is 0 Å². The van der Waals surface area contributed by atoms with Gasteiger partial charge in [-0.2, -0.15) is 0 Å². The SMILES string of the molecule is CC(C)N(Cc1cccs1)C[C@@H](C)O. The van der Waals surface area contributed by atoms with Crippen LogP contribution in [-0.4, -0.2) is 28.7 Å². The summed E-state index contributed by atoms with van der Waals surface area (Å²) in [6.07, 6.45) is -0.252. The van der Waals surface area contributed by atoms with Crippen molar-refractivity contribution in [2.75, 3.05) is 6.54 Å². The molecule has 0 spiro atoms. The zero-order chi connectivity index (χ0) is 10.6. The lowest BCUT2D eigenvalue weighted by molar-refractivity contribution is 0.103. The fourth-order valence-electron chi connectivity index (χ4n) is 1.40. The van der Waals surface area contributed by atoms with Gasteiger partial charge in [0.1, 0.15) is 0 Å². The number of nitrogens with zero attached hydrogens (tertiary/aromatic N) is 1. The number of aliphatic hydroxyl groups is 1. The van der Waals surface area contributed by atoms with Crippen LogP contribution in [0.4, 0.5) is 0 Å². The molecule has 0 saturated heterocycles.